The van der Waals surface area contributed by atoms with Gasteiger partial charge >= 0.3 is 5.91 Å². The molecule has 1 fully saturated rings. The van der Waals surface area contributed by atoms with Gasteiger partial charge in [0.2, 0.25) is 0 Å². The number of aliphatic hydroxyl groups is 1. The molecule has 3 atom stereocenters. The number of quaternary nitrogens is 1. The summed E-state index contributed by atoms with van der Waals surface area (Å²) in [6, 6.07) is 10.7. The zero-order valence-electron chi connectivity index (χ0n) is 19.9. The van der Waals surface area contributed by atoms with Gasteiger partial charge in [-0.2, -0.15) is 5.10 Å². The summed E-state index contributed by atoms with van der Waals surface area (Å²) in [5, 5.41) is 27.5. The topological polar surface area (TPSA) is 142 Å². The summed E-state index contributed by atoms with van der Waals surface area (Å²) in [4.78, 5) is 32.0. The second-order valence-electron chi connectivity index (χ2n) is 9.69. The number of carbonyl (C=O) groups is 2. The second kappa shape index (κ2) is 10.3. The van der Waals surface area contributed by atoms with Gasteiger partial charge in [0, 0.05) is 50.4 Å². The predicted molar refractivity (Wildman–Crippen MR) is 131 cm³/mol. The van der Waals surface area contributed by atoms with E-state index in [4.69, 9.17) is 5.73 Å². The van der Waals surface area contributed by atoms with E-state index < -0.39 is 29.0 Å². The lowest BCUT2D eigenvalue weighted by molar-refractivity contribution is -0.792. The lowest BCUT2D eigenvalue weighted by Gasteiger charge is -2.31. The number of primary amides is 1. The Morgan fingerprint density at radius 2 is 1.97 bits per heavy atom. The van der Waals surface area contributed by atoms with E-state index in [0.717, 1.165) is 43.2 Å². The highest BCUT2D eigenvalue weighted by Crippen LogP contribution is 2.31. The molecular formula is C26H30N6O4. The molecule has 188 valence electrons. The Morgan fingerprint density at radius 1 is 1.19 bits per heavy atom. The van der Waals surface area contributed by atoms with Gasteiger partial charge in [-0.15, -0.1) is 0 Å². The van der Waals surface area contributed by atoms with Crippen LogP contribution in [0.4, 0.5) is 0 Å². The zero-order valence-corrected chi connectivity index (χ0v) is 19.9. The van der Waals surface area contributed by atoms with Crippen molar-refractivity contribution in [3.8, 4) is 5.82 Å². The van der Waals surface area contributed by atoms with E-state index in [0.29, 0.717) is 5.56 Å². The summed E-state index contributed by atoms with van der Waals surface area (Å²) >= 11 is 0. The lowest BCUT2D eigenvalue weighted by Crippen LogP contribution is -3.16. The third-order valence-corrected chi connectivity index (χ3v) is 6.93. The van der Waals surface area contributed by atoms with Crippen LogP contribution >= 0.6 is 0 Å². The number of nitrogens with zero attached hydrogens (tertiary/aromatic N) is 4. The maximum absolute atomic E-state index is 13.4. The number of pyridine rings is 1. The van der Waals surface area contributed by atoms with Crippen LogP contribution in [-0.2, 0) is 24.2 Å². The summed E-state index contributed by atoms with van der Waals surface area (Å²) in [5.41, 5.74) is 8.12. The Bertz CT molecular complexity index is 1240. The van der Waals surface area contributed by atoms with Crippen molar-refractivity contribution in [2.24, 2.45) is 11.7 Å². The quantitative estimate of drug-likeness (QED) is 0.359. The number of rotatable bonds is 9. The molecule has 1 aromatic carbocycles. The minimum Gasteiger partial charge on any atom is -0.626 e. The fourth-order valence-electron chi connectivity index (χ4n) is 4.77. The molecule has 4 N–H and O–H groups in total. The zero-order chi connectivity index (χ0) is 25.2. The fraction of sp³-hybridized carbons (Fsp3) is 0.385. The van der Waals surface area contributed by atoms with Crippen LogP contribution in [-0.4, -0.2) is 61.8 Å². The minimum absolute atomic E-state index is 0.00197. The van der Waals surface area contributed by atoms with Gasteiger partial charge in [0.15, 0.2) is 11.9 Å². The largest absolute Gasteiger partial charge is 0.626 e. The van der Waals surface area contributed by atoms with Gasteiger partial charge in [-0.25, -0.2) is 14.5 Å². The Balaban J connectivity index is 1.41. The van der Waals surface area contributed by atoms with Crippen molar-refractivity contribution < 1.29 is 19.8 Å². The van der Waals surface area contributed by atoms with E-state index in [2.05, 4.69) is 15.0 Å². The summed E-state index contributed by atoms with van der Waals surface area (Å²) < 4.78 is 1.56. The Kier molecular flexibility index (Phi) is 6.92. The first-order valence-electron chi connectivity index (χ1n) is 12.3. The lowest BCUT2D eigenvalue weighted by atomic mass is 10.00. The second-order valence-corrected chi connectivity index (χ2v) is 9.69. The smallest absolute Gasteiger partial charge is 0.348 e. The number of benzene rings is 1. The first-order chi connectivity index (χ1) is 17.4. The van der Waals surface area contributed by atoms with Crippen molar-refractivity contribution in [2.75, 3.05) is 13.1 Å². The number of hydrogen-bond acceptors (Lipinski definition) is 7. The summed E-state index contributed by atoms with van der Waals surface area (Å²) in [5.74, 6) is -0.861. The minimum atomic E-state index is -1.80. The van der Waals surface area contributed by atoms with Crippen molar-refractivity contribution in [1.29, 1.82) is 0 Å². The third-order valence-electron chi connectivity index (χ3n) is 6.93. The van der Waals surface area contributed by atoms with Gasteiger partial charge in [-0.05, 0) is 36.5 Å². The molecule has 0 saturated heterocycles. The highest BCUT2D eigenvalue weighted by molar-refractivity contribution is 5.91. The maximum Gasteiger partial charge on any atom is 0.348 e. The molecule has 2 aromatic heterocycles. The van der Waals surface area contributed by atoms with Crippen LogP contribution in [0.25, 0.3) is 5.82 Å². The standard InChI is InChI=1S/C26H30N6O4/c27-24(34)23(33)22(13-17-5-2-1-3-6-17)32(36)26(35)20-7-4-11-28-25(20)31-16-19-15-30(14-18-8-9-18)12-10-21(19)29-31/h1-7,11,16,18,22-23,32-33H,8-10,12-15H2,(H2,27,34). The predicted octanol–water partition coefficient (Wildman–Crippen LogP) is 0.0158. The molecule has 3 heterocycles. The molecule has 3 aromatic rings. The molecule has 1 aliphatic heterocycles. The fourth-order valence-corrected chi connectivity index (χ4v) is 4.77. The molecule has 3 unspecified atom stereocenters. The molecule has 2 amide bonds. The van der Waals surface area contributed by atoms with E-state index in [9.17, 15) is 19.9 Å². The van der Waals surface area contributed by atoms with Crippen LogP contribution in [0.15, 0.2) is 54.9 Å². The number of aromatic nitrogens is 3. The number of carbonyl (C=O) groups excluding carboxylic acids is 2. The molecule has 5 rings (SSSR count). The molecule has 1 saturated carbocycles. The highest BCUT2D eigenvalue weighted by Gasteiger charge is 2.35. The van der Waals surface area contributed by atoms with E-state index >= 15 is 0 Å². The van der Waals surface area contributed by atoms with Crippen molar-refractivity contribution in [2.45, 2.75) is 44.4 Å². The number of nitrogens with one attached hydrogen (secondary N) is 1. The monoisotopic (exact) mass is 490 g/mol. The van der Waals surface area contributed by atoms with Crippen LogP contribution in [0.5, 0.6) is 0 Å². The first kappa shape index (κ1) is 24.3. The molecular weight excluding hydrogens is 460 g/mol. The van der Waals surface area contributed by atoms with Gasteiger partial charge in [0.05, 0.1) is 5.69 Å². The number of hydroxylamine groups is 2. The van der Waals surface area contributed by atoms with Crippen molar-refractivity contribution in [1.82, 2.24) is 19.7 Å². The SMILES string of the molecule is NC(=O)C(O)C(Cc1ccccc1)[NH+]([O-])C(=O)c1cccnc1-n1cc2c(n1)CCN(CC1CC1)C2. The van der Waals surface area contributed by atoms with Gasteiger partial charge < -0.3 is 16.0 Å². The third kappa shape index (κ3) is 5.21. The van der Waals surface area contributed by atoms with E-state index in [1.54, 1.807) is 35.0 Å². The maximum atomic E-state index is 13.4. The molecule has 10 nitrogen and oxygen atoms in total. The molecule has 2 aliphatic rings. The van der Waals surface area contributed by atoms with Gasteiger partial charge in [0.1, 0.15) is 11.6 Å². The van der Waals surface area contributed by atoms with Gasteiger partial charge in [0.25, 0.3) is 5.91 Å². The van der Waals surface area contributed by atoms with Crippen LogP contribution < -0.4 is 10.8 Å². The van der Waals surface area contributed by atoms with Gasteiger partial charge in [-0.3, -0.25) is 14.8 Å². The van der Waals surface area contributed by atoms with Crippen LogP contribution in [0.3, 0.4) is 0 Å². The number of nitrogens with two attached hydrogens (primary N) is 1. The molecule has 10 heteroatoms. The highest BCUT2D eigenvalue weighted by atomic mass is 16.5. The number of hydrogen-bond donors (Lipinski definition) is 3. The Hall–Kier alpha value is -3.44. The van der Waals surface area contributed by atoms with Crippen LogP contribution in [0, 0.1) is 11.1 Å². The molecule has 0 spiro atoms. The summed E-state index contributed by atoms with van der Waals surface area (Å²) in [6.07, 6.45) is 5.02. The van der Waals surface area contributed by atoms with Crippen molar-refractivity contribution in [3.63, 3.8) is 0 Å². The number of fused-ring (bicyclic) bond motifs is 1. The van der Waals surface area contributed by atoms with E-state index in [1.807, 2.05) is 12.3 Å². The van der Waals surface area contributed by atoms with Gasteiger partial charge in [-0.1, -0.05) is 30.3 Å². The molecule has 0 radical (unpaired) electrons. The molecule has 36 heavy (non-hydrogen) atoms. The summed E-state index contributed by atoms with van der Waals surface area (Å²) in [6.45, 7) is 2.83. The number of aliphatic hydroxyl groups excluding tert-OH is 1. The van der Waals surface area contributed by atoms with E-state index in [-0.39, 0.29) is 17.8 Å². The van der Waals surface area contributed by atoms with Crippen molar-refractivity contribution in [3.05, 3.63) is 82.4 Å². The average Bonchev–Trinajstić information content (AvgIpc) is 3.61. The average molecular weight is 491 g/mol. The Labute approximate surface area is 208 Å². The first-order valence-corrected chi connectivity index (χ1v) is 12.3. The van der Waals surface area contributed by atoms with Crippen molar-refractivity contribution >= 4 is 11.8 Å². The van der Waals surface area contributed by atoms with Crippen LogP contribution in [0.1, 0.15) is 40.0 Å². The summed E-state index contributed by atoms with van der Waals surface area (Å²) in [7, 11) is 0. The molecule has 0 bridgehead atoms. The normalized spacial score (nSPS) is 18.3. The van der Waals surface area contributed by atoms with Crippen LogP contribution in [0.2, 0.25) is 0 Å². The Morgan fingerprint density at radius 3 is 2.69 bits per heavy atom. The van der Waals surface area contributed by atoms with E-state index in [1.165, 1.54) is 25.1 Å². The molecule has 1 aliphatic carbocycles. The number of amides is 2.